The minimum Gasteiger partial charge on any atom is -0.326 e. The van der Waals surface area contributed by atoms with Gasteiger partial charge in [0.25, 0.3) is 0 Å². The Hall–Kier alpha value is -0.910. The van der Waals surface area contributed by atoms with E-state index in [0.717, 1.165) is 30.4 Å². The Morgan fingerprint density at radius 3 is 2.74 bits per heavy atom. The number of nitrogens with zero attached hydrogens (tertiary/aromatic N) is 1. The fourth-order valence-corrected chi connectivity index (χ4v) is 4.45. The quantitative estimate of drug-likeness (QED) is 0.916. The van der Waals surface area contributed by atoms with Crippen molar-refractivity contribution in [3.05, 3.63) is 35.4 Å². The average Bonchev–Trinajstić information content (AvgIpc) is 2.38. The molecule has 0 saturated carbocycles. The Kier molecular flexibility index (Phi) is 4.60. The molecule has 19 heavy (non-hydrogen) atoms. The maximum Gasteiger partial charge on any atom is 0.218 e. The van der Waals surface area contributed by atoms with Crippen LogP contribution in [0.15, 0.2) is 24.3 Å². The summed E-state index contributed by atoms with van der Waals surface area (Å²) < 4.78 is 26.6. The molecule has 0 aromatic heterocycles. The standard InChI is InChI=1S/C14H22N2O2S/c1-12-5-2-3-8-16(12)19(17,18)11-14-7-4-6-13(9-14)10-15/h4,6-7,9,12H,2-3,5,8,10-11,15H2,1H3. The zero-order valence-corrected chi connectivity index (χ0v) is 12.2. The first-order chi connectivity index (χ1) is 9.03. The molecule has 1 aliphatic rings. The molecular weight excluding hydrogens is 260 g/mol. The van der Waals surface area contributed by atoms with E-state index in [0.29, 0.717) is 13.1 Å². The lowest BCUT2D eigenvalue weighted by molar-refractivity contribution is 0.268. The summed E-state index contributed by atoms with van der Waals surface area (Å²) in [6, 6.07) is 7.64. The van der Waals surface area contributed by atoms with Crippen LogP contribution in [-0.4, -0.2) is 25.3 Å². The molecule has 1 aromatic carbocycles. The summed E-state index contributed by atoms with van der Waals surface area (Å²) in [5.41, 5.74) is 7.38. The summed E-state index contributed by atoms with van der Waals surface area (Å²) in [6.45, 7) is 3.08. The molecule has 4 nitrogen and oxygen atoms in total. The van der Waals surface area contributed by atoms with Gasteiger partial charge in [-0.3, -0.25) is 0 Å². The van der Waals surface area contributed by atoms with Crippen molar-refractivity contribution in [1.82, 2.24) is 4.31 Å². The van der Waals surface area contributed by atoms with Crippen molar-refractivity contribution in [2.24, 2.45) is 5.73 Å². The lowest BCUT2D eigenvalue weighted by Crippen LogP contribution is -2.42. The van der Waals surface area contributed by atoms with Gasteiger partial charge in [-0.25, -0.2) is 8.42 Å². The Morgan fingerprint density at radius 2 is 2.05 bits per heavy atom. The number of nitrogens with two attached hydrogens (primary N) is 1. The Balaban J connectivity index is 2.15. The molecule has 0 amide bonds. The molecule has 2 N–H and O–H groups in total. The number of piperidine rings is 1. The number of benzene rings is 1. The highest BCUT2D eigenvalue weighted by Crippen LogP contribution is 2.22. The highest BCUT2D eigenvalue weighted by atomic mass is 32.2. The predicted molar refractivity (Wildman–Crippen MR) is 77.0 cm³/mol. The van der Waals surface area contributed by atoms with Gasteiger partial charge in [0.15, 0.2) is 0 Å². The van der Waals surface area contributed by atoms with Gasteiger partial charge < -0.3 is 5.73 Å². The third-order valence-corrected chi connectivity index (χ3v) is 5.63. The van der Waals surface area contributed by atoms with E-state index >= 15 is 0 Å². The second kappa shape index (κ2) is 6.03. The molecule has 1 unspecified atom stereocenters. The summed E-state index contributed by atoms with van der Waals surface area (Å²) >= 11 is 0. The van der Waals surface area contributed by atoms with E-state index < -0.39 is 10.0 Å². The molecule has 1 aromatic rings. The normalized spacial score (nSPS) is 21.5. The summed E-state index contributed by atoms with van der Waals surface area (Å²) in [6.07, 6.45) is 3.05. The fraction of sp³-hybridized carbons (Fsp3) is 0.571. The third-order valence-electron chi connectivity index (χ3n) is 3.68. The van der Waals surface area contributed by atoms with Gasteiger partial charge in [-0.2, -0.15) is 4.31 Å². The van der Waals surface area contributed by atoms with Gasteiger partial charge in [0.05, 0.1) is 5.75 Å². The van der Waals surface area contributed by atoms with Crippen molar-refractivity contribution in [1.29, 1.82) is 0 Å². The molecule has 0 spiro atoms. The zero-order chi connectivity index (χ0) is 13.9. The van der Waals surface area contributed by atoms with Gasteiger partial charge in [-0.15, -0.1) is 0 Å². The van der Waals surface area contributed by atoms with Crippen molar-refractivity contribution in [3.8, 4) is 0 Å². The predicted octanol–water partition coefficient (Wildman–Crippen LogP) is 1.85. The number of hydrogen-bond acceptors (Lipinski definition) is 3. The highest BCUT2D eigenvalue weighted by molar-refractivity contribution is 7.88. The van der Waals surface area contributed by atoms with Crippen molar-refractivity contribution in [2.45, 2.75) is 44.5 Å². The van der Waals surface area contributed by atoms with Crippen LogP contribution in [0.25, 0.3) is 0 Å². The molecule has 1 aliphatic heterocycles. The minimum atomic E-state index is -3.22. The largest absolute Gasteiger partial charge is 0.326 e. The van der Waals surface area contributed by atoms with E-state index in [1.54, 1.807) is 4.31 Å². The van der Waals surface area contributed by atoms with Gasteiger partial charge >= 0.3 is 0 Å². The van der Waals surface area contributed by atoms with E-state index in [1.165, 1.54) is 0 Å². The van der Waals surface area contributed by atoms with Crippen LogP contribution in [-0.2, 0) is 22.3 Å². The molecule has 1 fully saturated rings. The van der Waals surface area contributed by atoms with Crippen LogP contribution in [0.3, 0.4) is 0 Å². The van der Waals surface area contributed by atoms with Crippen molar-refractivity contribution in [2.75, 3.05) is 6.54 Å². The van der Waals surface area contributed by atoms with Gasteiger partial charge in [0, 0.05) is 19.1 Å². The first-order valence-electron chi connectivity index (χ1n) is 6.80. The van der Waals surface area contributed by atoms with Gasteiger partial charge in [0.1, 0.15) is 0 Å². The van der Waals surface area contributed by atoms with E-state index in [9.17, 15) is 8.42 Å². The summed E-state index contributed by atoms with van der Waals surface area (Å²) in [5, 5.41) is 0. The van der Waals surface area contributed by atoms with E-state index in [1.807, 2.05) is 31.2 Å². The SMILES string of the molecule is CC1CCCCN1S(=O)(=O)Cc1cccc(CN)c1. The molecular formula is C14H22N2O2S. The Bertz CT molecular complexity index is 528. The lowest BCUT2D eigenvalue weighted by Gasteiger charge is -2.32. The van der Waals surface area contributed by atoms with Crippen LogP contribution in [0.2, 0.25) is 0 Å². The third kappa shape index (κ3) is 3.55. The van der Waals surface area contributed by atoms with Crippen molar-refractivity contribution < 1.29 is 8.42 Å². The number of rotatable bonds is 4. The summed E-state index contributed by atoms with van der Waals surface area (Å²) in [4.78, 5) is 0. The lowest BCUT2D eigenvalue weighted by atomic mass is 10.1. The molecule has 106 valence electrons. The maximum absolute atomic E-state index is 12.5. The highest BCUT2D eigenvalue weighted by Gasteiger charge is 2.29. The Morgan fingerprint density at radius 1 is 1.32 bits per heavy atom. The Labute approximate surface area is 115 Å². The molecule has 1 saturated heterocycles. The smallest absolute Gasteiger partial charge is 0.218 e. The molecule has 1 atom stereocenters. The average molecular weight is 282 g/mol. The molecule has 0 aliphatic carbocycles. The van der Waals surface area contributed by atoms with Gasteiger partial charge in [0.2, 0.25) is 10.0 Å². The maximum atomic E-state index is 12.5. The van der Waals surface area contributed by atoms with Crippen LogP contribution in [0.5, 0.6) is 0 Å². The minimum absolute atomic E-state index is 0.0746. The van der Waals surface area contributed by atoms with Gasteiger partial charge in [-0.1, -0.05) is 30.7 Å². The van der Waals surface area contributed by atoms with Gasteiger partial charge in [-0.05, 0) is 30.9 Å². The first kappa shape index (κ1) is 14.5. The number of hydrogen-bond donors (Lipinski definition) is 1. The van der Waals surface area contributed by atoms with Crippen LogP contribution in [0.4, 0.5) is 0 Å². The molecule has 2 rings (SSSR count). The number of sulfonamides is 1. The second-order valence-corrected chi connectivity index (χ2v) is 7.16. The van der Waals surface area contributed by atoms with E-state index in [-0.39, 0.29) is 11.8 Å². The van der Waals surface area contributed by atoms with Crippen LogP contribution in [0, 0.1) is 0 Å². The molecule has 0 radical (unpaired) electrons. The second-order valence-electron chi connectivity index (χ2n) is 5.24. The van der Waals surface area contributed by atoms with Crippen molar-refractivity contribution in [3.63, 3.8) is 0 Å². The zero-order valence-electron chi connectivity index (χ0n) is 11.4. The molecule has 1 heterocycles. The summed E-state index contributed by atoms with van der Waals surface area (Å²) in [7, 11) is -3.22. The first-order valence-corrected chi connectivity index (χ1v) is 8.41. The van der Waals surface area contributed by atoms with E-state index in [4.69, 9.17) is 5.73 Å². The molecule has 5 heteroatoms. The van der Waals surface area contributed by atoms with E-state index in [2.05, 4.69) is 0 Å². The molecule has 0 bridgehead atoms. The topological polar surface area (TPSA) is 63.4 Å². The van der Waals surface area contributed by atoms with Crippen LogP contribution in [0.1, 0.15) is 37.3 Å². The fourth-order valence-electron chi connectivity index (χ4n) is 2.62. The summed E-state index contributed by atoms with van der Waals surface area (Å²) in [5.74, 6) is 0.0746. The van der Waals surface area contributed by atoms with Crippen LogP contribution < -0.4 is 5.73 Å². The van der Waals surface area contributed by atoms with Crippen LogP contribution >= 0.6 is 0 Å². The monoisotopic (exact) mass is 282 g/mol. The van der Waals surface area contributed by atoms with Crippen molar-refractivity contribution >= 4 is 10.0 Å².